The summed E-state index contributed by atoms with van der Waals surface area (Å²) in [6.45, 7) is 1.95. The van der Waals surface area contributed by atoms with E-state index in [0.29, 0.717) is 23.7 Å². The van der Waals surface area contributed by atoms with Gasteiger partial charge in [0.1, 0.15) is 0 Å². The van der Waals surface area contributed by atoms with Gasteiger partial charge in [-0.25, -0.2) is 4.98 Å². The van der Waals surface area contributed by atoms with E-state index in [2.05, 4.69) is 15.1 Å². The topological polar surface area (TPSA) is 68.9 Å². The van der Waals surface area contributed by atoms with Crippen molar-refractivity contribution in [1.82, 2.24) is 15.1 Å². The molecule has 0 N–H and O–H groups in total. The minimum Gasteiger partial charge on any atom is -0.339 e. The molecule has 0 aliphatic rings. The number of aromatic nitrogens is 3. The lowest BCUT2D eigenvalue weighted by atomic mass is 10.1. The van der Waals surface area contributed by atoms with E-state index in [-0.39, 0.29) is 12.2 Å². The Morgan fingerprint density at radius 2 is 2.05 bits per heavy atom. The lowest BCUT2D eigenvalue weighted by Crippen LogP contribution is -2.03. The number of carbonyl (C=O) groups excluding carboxylic acids is 1. The highest BCUT2D eigenvalue weighted by Gasteiger charge is 2.13. The maximum absolute atomic E-state index is 12.0. The molecule has 0 bridgehead atoms. The highest BCUT2D eigenvalue weighted by atomic mass is 32.1. The molecule has 5 nitrogen and oxygen atoms in total. The molecule has 0 atom stereocenters. The van der Waals surface area contributed by atoms with Crippen LogP contribution in [0.5, 0.6) is 0 Å². The van der Waals surface area contributed by atoms with Gasteiger partial charge in [-0.3, -0.25) is 4.79 Å². The van der Waals surface area contributed by atoms with Gasteiger partial charge in [-0.05, 0) is 6.92 Å². The van der Waals surface area contributed by atoms with Crippen molar-refractivity contribution in [1.29, 1.82) is 0 Å². The highest BCUT2D eigenvalue weighted by Crippen LogP contribution is 2.12. The van der Waals surface area contributed by atoms with E-state index in [0.717, 1.165) is 10.7 Å². The molecule has 3 aromatic rings. The zero-order valence-corrected chi connectivity index (χ0v) is 12.3. The second-order valence-corrected chi connectivity index (χ2v) is 5.67. The fourth-order valence-corrected chi connectivity index (χ4v) is 2.56. The second-order valence-electron chi connectivity index (χ2n) is 4.60. The number of carbonyl (C=O) groups is 1. The minimum atomic E-state index is -0.0321. The Morgan fingerprint density at radius 1 is 1.24 bits per heavy atom. The van der Waals surface area contributed by atoms with Crippen molar-refractivity contribution < 1.29 is 9.32 Å². The van der Waals surface area contributed by atoms with E-state index in [4.69, 9.17) is 4.52 Å². The van der Waals surface area contributed by atoms with Gasteiger partial charge in [0, 0.05) is 10.9 Å². The third kappa shape index (κ3) is 3.41. The van der Waals surface area contributed by atoms with Crippen molar-refractivity contribution in [3.63, 3.8) is 0 Å². The number of aryl methyl sites for hydroxylation is 1. The number of rotatable bonds is 5. The molecule has 0 amide bonds. The zero-order valence-electron chi connectivity index (χ0n) is 11.4. The molecular weight excluding hydrogens is 286 g/mol. The van der Waals surface area contributed by atoms with Crippen LogP contribution in [0.25, 0.3) is 0 Å². The Bertz CT molecular complexity index is 749. The third-order valence-corrected chi connectivity index (χ3v) is 3.75. The maximum atomic E-state index is 12.0. The van der Waals surface area contributed by atoms with Crippen molar-refractivity contribution in [2.75, 3.05) is 0 Å². The second kappa shape index (κ2) is 5.97. The summed E-state index contributed by atoms with van der Waals surface area (Å²) in [6.07, 6.45) is 0.639. The molecule has 3 rings (SSSR count). The first-order valence-electron chi connectivity index (χ1n) is 6.51. The highest BCUT2D eigenvalue weighted by molar-refractivity contribution is 7.09. The van der Waals surface area contributed by atoms with Crippen LogP contribution in [0.15, 0.2) is 40.2 Å². The third-order valence-electron chi connectivity index (χ3n) is 2.92. The molecule has 0 saturated heterocycles. The Hall–Kier alpha value is -2.34. The van der Waals surface area contributed by atoms with Crippen LogP contribution in [0.4, 0.5) is 0 Å². The molecule has 0 aliphatic heterocycles. The van der Waals surface area contributed by atoms with E-state index in [9.17, 15) is 4.79 Å². The van der Waals surface area contributed by atoms with Crippen molar-refractivity contribution in [3.8, 4) is 0 Å². The molecule has 0 unspecified atom stereocenters. The van der Waals surface area contributed by atoms with Gasteiger partial charge in [0.2, 0.25) is 5.89 Å². The van der Waals surface area contributed by atoms with Crippen molar-refractivity contribution in [2.45, 2.75) is 19.8 Å². The molecule has 6 heteroatoms. The minimum absolute atomic E-state index is 0.0321. The Balaban J connectivity index is 1.66. The van der Waals surface area contributed by atoms with E-state index in [1.807, 2.05) is 30.5 Å². The number of benzene rings is 1. The van der Waals surface area contributed by atoms with Crippen LogP contribution in [-0.2, 0) is 12.8 Å². The average Bonchev–Trinajstić information content (AvgIpc) is 3.09. The van der Waals surface area contributed by atoms with Crippen LogP contribution in [-0.4, -0.2) is 20.9 Å². The van der Waals surface area contributed by atoms with Crippen LogP contribution in [0.1, 0.15) is 32.8 Å². The maximum Gasteiger partial charge on any atom is 0.234 e. The first-order chi connectivity index (χ1) is 10.2. The summed E-state index contributed by atoms with van der Waals surface area (Å²) in [5.74, 6) is 0.859. The fourth-order valence-electron chi connectivity index (χ4n) is 1.95. The van der Waals surface area contributed by atoms with Gasteiger partial charge in [0.05, 0.1) is 23.5 Å². The summed E-state index contributed by atoms with van der Waals surface area (Å²) in [5, 5.41) is 6.87. The normalized spacial score (nSPS) is 10.7. The first kappa shape index (κ1) is 13.6. The van der Waals surface area contributed by atoms with E-state index < -0.39 is 0 Å². The van der Waals surface area contributed by atoms with Crippen LogP contribution >= 0.6 is 11.3 Å². The molecule has 0 radical (unpaired) electrons. The number of ketones is 1. The molecule has 21 heavy (non-hydrogen) atoms. The molecule has 0 fully saturated rings. The molecule has 1 aromatic carbocycles. The number of hydrogen-bond donors (Lipinski definition) is 0. The lowest BCUT2D eigenvalue weighted by Gasteiger charge is -1.95. The number of thiazole rings is 1. The van der Waals surface area contributed by atoms with Gasteiger partial charge in [-0.2, -0.15) is 4.98 Å². The Labute approximate surface area is 125 Å². The van der Waals surface area contributed by atoms with Crippen LogP contribution < -0.4 is 0 Å². The van der Waals surface area contributed by atoms with Crippen molar-refractivity contribution >= 4 is 17.1 Å². The van der Waals surface area contributed by atoms with Crippen LogP contribution in [0.3, 0.4) is 0 Å². The smallest absolute Gasteiger partial charge is 0.234 e. The first-order valence-corrected chi connectivity index (χ1v) is 7.39. The standard InChI is InChI=1S/C15H13N3O2S/c1-10-16-12(9-21-10)7-14-17-15(20-18-14)8-13(19)11-5-3-2-4-6-11/h2-6,9H,7-8H2,1H3. The van der Waals surface area contributed by atoms with Gasteiger partial charge in [0.25, 0.3) is 0 Å². The predicted molar refractivity (Wildman–Crippen MR) is 78.4 cm³/mol. The Kier molecular flexibility index (Phi) is 3.87. The van der Waals surface area contributed by atoms with E-state index in [1.54, 1.807) is 23.5 Å². The van der Waals surface area contributed by atoms with Crippen molar-refractivity contribution in [2.24, 2.45) is 0 Å². The Morgan fingerprint density at radius 3 is 2.76 bits per heavy atom. The summed E-state index contributed by atoms with van der Waals surface area (Å²) in [7, 11) is 0. The van der Waals surface area contributed by atoms with E-state index >= 15 is 0 Å². The van der Waals surface area contributed by atoms with Gasteiger partial charge in [-0.1, -0.05) is 35.5 Å². The number of nitrogens with zero attached hydrogens (tertiary/aromatic N) is 3. The molecule has 0 aliphatic carbocycles. The van der Waals surface area contributed by atoms with Crippen LogP contribution in [0.2, 0.25) is 0 Å². The molecule has 0 saturated carbocycles. The number of hydrogen-bond acceptors (Lipinski definition) is 6. The molecule has 106 valence electrons. The quantitative estimate of drug-likeness (QED) is 0.678. The van der Waals surface area contributed by atoms with Crippen molar-refractivity contribution in [3.05, 3.63) is 63.7 Å². The summed E-state index contributed by atoms with van der Waals surface area (Å²) < 4.78 is 5.13. The summed E-state index contributed by atoms with van der Waals surface area (Å²) in [6, 6.07) is 9.08. The molecule has 2 aromatic heterocycles. The van der Waals surface area contributed by atoms with Gasteiger partial charge in [0.15, 0.2) is 11.6 Å². The monoisotopic (exact) mass is 299 g/mol. The summed E-state index contributed by atoms with van der Waals surface area (Å²) >= 11 is 1.59. The summed E-state index contributed by atoms with van der Waals surface area (Å²) in [4.78, 5) is 20.6. The lowest BCUT2D eigenvalue weighted by molar-refractivity contribution is 0.0983. The fraction of sp³-hybridized carbons (Fsp3) is 0.200. The zero-order chi connectivity index (χ0) is 14.7. The SMILES string of the molecule is Cc1nc(Cc2noc(CC(=O)c3ccccc3)n2)cs1. The largest absolute Gasteiger partial charge is 0.339 e. The average molecular weight is 299 g/mol. The van der Waals surface area contributed by atoms with E-state index in [1.165, 1.54) is 0 Å². The van der Waals surface area contributed by atoms with Gasteiger partial charge in [-0.15, -0.1) is 11.3 Å². The molecular formula is C15H13N3O2S. The number of Topliss-reactive ketones (excluding diaryl/α,β-unsaturated/α-hetero) is 1. The predicted octanol–water partition coefficient (Wildman–Crippen LogP) is 2.85. The molecule has 2 heterocycles. The van der Waals surface area contributed by atoms with Gasteiger partial charge >= 0.3 is 0 Å². The van der Waals surface area contributed by atoms with Crippen LogP contribution in [0, 0.1) is 6.92 Å². The molecule has 0 spiro atoms. The summed E-state index contributed by atoms with van der Waals surface area (Å²) in [5.41, 5.74) is 1.56. The van der Waals surface area contributed by atoms with Gasteiger partial charge < -0.3 is 4.52 Å².